The van der Waals surface area contributed by atoms with E-state index in [1.807, 2.05) is 41.9 Å². The van der Waals surface area contributed by atoms with Gasteiger partial charge in [0, 0.05) is 31.4 Å². The summed E-state index contributed by atoms with van der Waals surface area (Å²) < 4.78 is 1.82. The molecule has 27 heavy (non-hydrogen) atoms. The van der Waals surface area contributed by atoms with Crippen molar-refractivity contribution in [3.63, 3.8) is 0 Å². The van der Waals surface area contributed by atoms with Gasteiger partial charge in [0.1, 0.15) is 0 Å². The van der Waals surface area contributed by atoms with Gasteiger partial charge in [-0.25, -0.2) is 0 Å². The summed E-state index contributed by atoms with van der Waals surface area (Å²) in [5.74, 6) is 0.386. The molecule has 2 aromatic heterocycles. The van der Waals surface area contributed by atoms with Crippen LogP contribution in [-0.2, 0) is 7.05 Å². The van der Waals surface area contributed by atoms with E-state index in [0.29, 0.717) is 35.4 Å². The molecule has 0 saturated carbocycles. The number of carbonyl (C=O) groups excluding carboxylic acids is 1. The Balaban J connectivity index is 1.47. The SMILES string of the molecule is Cc1nn(-c2cccc(Cl)c2)nc1C(=O)N1CCC(c2cnn(C)c2)CC1. The molecule has 0 aliphatic carbocycles. The van der Waals surface area contributed by atoms with Gasteiger partial charge in [-0.2, -0.15) is 15.0 Å². The first-order valence-corrected chi connectivity index (χ1v) is 9.37. The van der Waals surface area contributed by atoms with Gasteiger partial charge >= 0.3 is 0 Å². The molecule has 4 rings (SSSR count). The molecule has 1 aliphatic rings. The fourth-order valence-corrected chi connectivity index (χ4v) is 3.69. The molecular weight excluding hydrogens is 364 g/mol. The first-order chi connectivity index (χ1) is 13.0. The van der Waals surface area contributed by atoms with Gasteiger partial charge in [-0.1, -0.05) is 17.7 Å². The van der Waals surface area contributed by atoms with Crippen molar-refractivity contribution in [2.45, 2.75) is 25.7 Å². The number of aryl methyl sites for hydroxylation is 2. The van der Waals surface area contributed by atoms with Crippen molar-refractivity contribution in [2.24, 2.45) is 7.05 Å². The Morgan fingerprint density at radius 3 is 2.67 bits per heavy atom. The quantitative estimate of drug-likeness (QED) is 0.696. The summed E-state index contributed by atoms with van der Waals surface area (Å²) in [6, 6.07) is 7.26. The van der Waals surface area contributed by atoms with E-state index in [1.54, 1.807) is 12.1 Å². The van der Waals surface area contributed by atoms with Crippen molar-refractivity contribution < 1.29 is 4.79 Å². The number of carbonyl (C=O) groups is 1. The topological polar surface area (TPSA) is 68.8 Å². The molecule has 0 unspecified atom stereocenters. The van der Waals surface area contributed by atoms with Gasteiger partial charge in [0.2, 0.25) is 0 Å². The summed E-state index contributed by atoms with van der Waals surface area (Å²) in [5, 5.41) is 13.7. The maximum atomic E-state index is 12.9. The summed E-state index contributed by atoms with van der Waals surface area (Å²) in [6.07, 6.45) is 5.84. The third-order valence-electron chi connectivity index (χ3n) is 5.00. The van der Waals surface area contributed by atoms with Gasteiger partial charge in [-0.3, -0.25) is 9.48 Å². The summed E-state index contributed by atoms with van der Waals surface area (Å²) in [7, 11) is 1.92. The van der Waals surface area contributed by atoms with E-state index >= 15 is 0 Å². The van der Waals surface area contributed by atoms with Gasteiger partial charge in [-0.05, 0) is 49.4 Å². The van der Waals surface area contributed by atoms with Crippen molar-refractivity contribution >= 4 is 17.5 Å². The Bertz CT molecular complexity index is 970. The van der Waals surface area contributed by atoms with Crippen LogP contribution in [0.3, 0.4) is 0 Å². The number of halogens is 1. The zero-order valence-electron chi connectivity index (χ0n) is 15.3. The van der Waals surface area contributed by atoms with Crippen LogP contribution in [0.4, 0.5) is 0 Å². The third-order valence-corrected chi connectivity index (χ3v) is 5.24. The Labute approximate surface area is 162 Å². The average molecular weight is 385 g/mol. The number of hydrogen-bond donors (Lipinski definition) is 0. The largest absolute Gasteiger partial charge is 0.337 e. The summed E-state index contributed by atoms with van der Waals surface area (Å²) in [5.41, 5.74) is 3.00. The molecule has 1 saturated heterocycles. The van der Waals surface area contributed by atoms with E-state index in [2.05, 4.69) is 21.5 Å². The normalized spacial score (nSPS) is 15.3. The van der Waals surface area contributed by atoms with E-state index in [9.17, 15) is 4.79 Å². The monoisotopic (exact) mass is 384 g/mol. The van der Waals surface area contributed by atoms with Crippen molar-refractivity contribution in [1.82, 2.24) is 29.7 Å². The van der Waals surface area contributed by atoms with Crippen LogP contribution in [0.25, 0.3) is 5.69 Å². The minimum Gasteiger partial charge on any atom is -0.337 e. The molecule has 0 N–H and O–H groups in total. The molecule has 7 nitrogen and oxygen atoms in total. The van der Waals surface area contributed by atoms with Gasteiger partial charge in [0.25, 0.3) is 5.91 Å². The molecule has 0 spiro atoms. The number of amides is 1. The molecule has 140 valence electrons. The predicted octanol–water partition coefficient (Wildman–Crippen LogP) is 2.98. The van der Waals surface area contributed by atoms with Crippen LogP contribution in [0.1, 0.15) is 40.5 Å². The predicted molar refractivity (Wildman–Crippen MR) is 102 cm³/mol. The van der Waals surface area contributed by atoms with E-state index in [-0.39, 0.29) is 5.91 Å². The molecular formula is C19H21ClN6O. The summed E-state index contributed by atoms with van der Waals surface area (Å²) >= 11 is 6.04. The molecule has 1 amide bonds. The van der Waals surface area contributed by atoms with E-state index in [1.165, 1.54) is 10.4 Å². The zero-order chi connectivity index (χ0) is 19.0. The number of piperidine rings is 1. The molecule has 1 aromatic carbocycles. The Morgan fingerprint density at radius 2 is 2.00 bits per heavy atom. The first-order valence-electron chi connectivity index (χ1n) is 8.99. The van der Waals surface area contributed by atoms with Crippen LogP contribution in [0.5, 0.6) is 0 Å². The van der Waals surface area contributed by atoms with Gasteiger partial charge < -0.3 is 4.90 Å². The maximum Gasteiger partial charge on any atom is 0.276 e. The Morgan fingerprint density at radius 1 is 1.22 bits per heavy atom. The third kappa shape index (κ3) is 3.60. The highest BCUT2D eigenvalue weighted by atomic mass is 35.5. The lowest BCUT2D eigenvalue weighted by Crippen LogP contribution is -2.38. The number of rotatable bonds is 3. The zero-order valence-corrected chi connectivity index (χ0v) is 16.1. The van der Waals surface area contributed by atoms with Crippen molar-refractivity contribution in [1.29, 1.82) is 0 Å². The Kier molecular flexibility index (Phi) is 4.70. The second-order valence-corrected chi connectivity index (χ2v) is 7.35. The van der Waals surface area contributed by atoms with Crippen LogP contribution in [0.15, 0.2) is 36.7 Å². The average Bonchev–Trinajstić information content (AvgIpc) is 3.27. The first kappa shape index (κ1) is 17.7. The second kappa shape index (κ2) is 7.15. The number of likely N-dealkylation sites (tertiary alicyclic amines) is 1. The Hall–Kier alpha value is -2.67. The van der Waals surface area contributed by atoms with Crippen LogP contribution in [0, 0.1) is 6.92 Å². The van der Waals surface area contributed by atoms with Gasteiger partial charge in [0.05, 0.1) is 17.6 Å². The lowest BCUT2D eigenvalue weighted by atomic mass is 9.91. The lowest BCUT2D eigenvalue weighted by molar-refractivity contribution is 0.0706. The highest BCUT2D eigenvalue weighted by molar-refractivity contribution is 6.30. The van der Waals surface area contributed by atoms with Gasteiger partial charge in [0.15, 0.2) is 5.69 Å². The minimum absolute atomic E-state index is 0.0644. The van der Waals surface area contributed by atoms with Crippen LogP contribution in [-0.4, -0.2) is 48.7 Å². The van der Waals surface area contributed by atoms with Crippen molar-refractivity contribution in [3.8, 4) is 5.69 Å². The number of benzene rings is 1. The molecule has 8 heteroatoms. The van der Waals surface area contributed by atoms with Crippen LogP contribution in [0.2, 0.25) is 5.02 Å². The fourth-order valence-electron chi connectivity index (χ4n) is 3.51. The molecule has 3 aromatic rings. The second-order valence-electron chi connectivity index (χ2n) is 6.92. The maximum absolute atomic E-state index is 12.9. The van der Waals surface area contributed by atoms with Crippen LogP contribution < -0.4 is 0 Å². The molecule has 1 aliphatic heterocycles. The standard InChI is InChI=1S/C19H21ClN6O/c1-13-18(23-26(22-13)17-5-3-4-16(20)10-17)19(27)25-8-6-14(7-9-25)15-11-21-24(2)12-15/h3-5,10-12,14H,6-9H2,1-2H3. The lowest BCUT2D eigenvalue weighted by Gasteiger charge is -2.31. The summed E-state index contributed by atoms with van der Waals surface area (Å²) in [6.45, 7) is 3.23. The molecule has 0 radical (unpaired) electrons. The highest BCUT2D eigenvalue weighted by Crippen LogP contribution is 2.28. The number of aromatic nitrogens is 5. The minimum atomic E-state index is -0.0644. The number of hydrogen-bond acceptors (Lipinski definition) is 4. The molecule has 1 fully saturated rings. The smallest absolute Gasteiger partial charge is 0.276 e. The number of nitrogens with zero attached hydrogens (tertiary/aromatic N) is 6. The van der Waals surface area contributed by atoms with Crippen molar-refractivity contribution in [3.05, 3.63) is 58.6 Å². The molecule has 0 bridgehead atoms. The van der Waals surface area contributed by atoms with E-state index in [0.717, 1.165) is 18.5 Å². The molecule has 0 atom stereocenters. The van der Waals surface area contributed by atoms with Gasteiger partial charge in [-0.15, -0.1) is 5.10 Å². The fraction of sp³-hybridized carbons (Fsp3) is 0.368. The molecule has 3 heterocycles. The highest BCUT2D eigenvalue weighted by Gasteiger charge is 2.28. The van der Waals surface area contributed by atoms with E-state index < -0.39 is 0 Å². The van der Waals surface area contributed by atoms with Crippen molar-refractivity contribution in [2.75, 3.05) is 13.1 Å². The summed E-state index contributed by atoms with van der Waals surface area (Å²) in [4.78, 5) is 16.3. The van der Waals surface area contributed by atoms with Crippen LogP contribution >= 0.6 is 11.6 Å². The van der Waals surface area contributed by atoms with E-state index in [4.69, 9.17) is 11.6 Å².